The standard InChI is InChI=1S/C19H16N6OS/c1-25-18(22-23-24-25)14-8-5-9-15(10-14)20-17(26)11-16-12-27-19(21-16)13-6-3-2-4-7-13/h2-10,12H,11H2,1H3,(H,20,26). The van der Waals surface area contributed by atoms with Crippen LogP contribution in [0, 0.1) is 0 Å². The van der Waals surface area contributed by atoms with Gasteiger partial charge in [0.15, 0.2) is 5.82 Å². The summed E-state index contributed by atoms with van der Waals surface area (Å²) in [5.41, 5.74) is 3.34. The third-order valence-corrected chi connectivity index (χ3v) is 4.88. The number of anilines is 1. The largest absolute Gasteiger partial charge is 0.326 e. The molecule has 0 bridgehead atoms. The van der Waals surface area contributed by atoms with Crippen LogP contribution in [0.1, 0.15) is 5.69 Å². The van der Waals surface area contributed by atoms with Crippen LogP contribution in [-0.2, 0) is 18.3 Å². The Morgan fingerprint density at radius 2 is 1.93 bits per heavy atom. The van der Waals surface area contributed by atoms with Gasteiger partial charge in [-0.3, -0.25) is 4.79 Å². The van der Waals surface area contributed by atoms with E-state index in [0.717, 1.165) is 21.8 Å². The van der Waals surface area contributed by atoms with Crippen molar-refractivity contribution in [3.63, 3.8) is 0 Å². The van der Waals surface area contributed by atoms with Crippen molar-refractivity contribution in [2.24, 2.45) is 7.05 Å². The molecule has 0 saturated carbocycles. The minimum Gasteiger partial charge on any atom is -0.326 e. The van der Waals surface area contributed by atoms with E-state index in [-0.39, 0.29) is 12.3 Å². The zero-order chi connectivity index (χ0) is 18.6. The summed E-state index contributed by atoms with van der Waals surface area (Å²) in [4.78, 5) is 17.0. The van der Waals surface area contributed by atoms with Crippen LogP contribution in [-0.4, -0.2) is 31.1 Å². The molecular weight excluding hydrogens is 360 g/mol. The maximum Gasteiger partial charge on any atom is 0.230 e. The highest BCUT2D eigenvalue weighted by Crippen LogP contribution is 2.24. The summed E-state index contributed by atoms with van der Waals surface area (Å²) in [7, 11) is 1.77. The van der Waals surface area contributed by atoms with Crippen LogP contribution in [0.3, 0.4) is 0 Å². The summed E-state index contributed by atoms with van der Waals surface area (Å²) in [6.07, 6.45) is 0.221. The lowest BCUT2D eigenvalue weighted by Gasteiger charge is -2.06. The van der Waals surface area contributed by atoms with E-state index in [9.17, 15) is 4.79 Å². The molecular formula is C19H16N6OS. The van der Waals surface area contributed by atoms with E-state index in [2.05, 4.69) is 25.8 Å². The van der Waals surface area contributed by atoms with Crippen LogP contribution in [0.5, 0.6) is 0 Å². The number of nitrogens with zero attached hydrogens (tertiary/aromatic N) is 5. The lowest BCUT2D eigenvalue weighted by Crippen LogP contribution is -2.14. The molecule has 0 unspecified atom stereocenters. The Hall–Kier alpha value is -3.39. The number of rotatable bonds is 5. The molecule has 8 heteroatoms. The van der Waals surface area contributed by atoms with Crippen LogP contribution in [0.4, 0.5) is 5.69 Å². The van der Waals surface area contributed by atoms with E-state index < -0.39 is 0 Å². The Morgan fingerprint density at radius 3 is 2.70 bits per heavy atom. The highest BCUT2D eigenvalue weighted by molar-refractivity contribution is 7.13. The molecule has 0 saturated heterocycles. The molecule has 0 fully saturated rings. The molecule has 0 aliphatic rings. The Morgan fingerprint density at radius 1 is 1.11 bits per heavy atom. The SMILES string of the molecule is Cn1nnnc1-c1cccc(NC(=O)Cc2csc(-c3ccccc3)n2)c1. The fourth-order valence-corrected chi connectivity index (χ4v) is 3.51. The second kappa shape index (κ2) is 7.46. The van der Waals surface area contributed by atoms with Gasteiger partial charge >= 0.3 is 0 Å². The molecule has 2 aromatic carbocycles. The molecule has 2 aromatic heterocycles. The molecule has 0 aliphatic carbocycles. The van der Waals surface area contributed by atoms with Gasteiger partial charge in [0, 0.05) is 29.2 Å². The summed E-state index contributed by atoms with van der Waals surface area (Å²) in [5.74, 6) is 0.520. The summed E-state index contributed by atoms with van der Waals surface area (Å²) in [6.45, 7) is 0. The number of carbonyl (C=O) groups excluding carboxylic acids is 1. The number of hydrogen-bond donors (Lipinski definition) is 1. The topological polar surface area (TPSA) is 85.6 Å². The van der Waals surface area contributed by atoms with Crippen molar-refractivity contribution in [3.8, 4) is 22.0 Å². The van der Waals surface area contributed by atoms with Gasteiger partial charge in [0.05, 0.1) is 12.1 Å². The van der Waals surface area contributed by atoms with Gasteiger partial charge in [0.25, 0.3) is 0 Å². The van der Waals surface area contributed by atoms with E-state index >= 15 is 0 Å². The third kappa shape index (κ3) is 3.90. The van der Waals surface area contributed by atoms with Gasteiger partial charge < -0.3 is 5.32 Å². The number of thiazole rings is 1. The molecule has 7 nitrogen and oxygen atoms in total. The number of tetrazole rings is 1. The average Bonchev–Trinajstić information content (AvgIpc) is 3.31. The summed E-state index contributed by atoms with van der Waals surface area (Å²) in [5, 5.41) is 17.2. The van der Waals surface area contributed by atoms with Crippen molar-refractivity contribution in [1.82, 2.24) is 25.2 Å². The molecule has 1 amide bonds. The Balaban J connectivity index is 1.44. The lowest BCUT2D eigenvalue weighted by atomic mass is 10.2. The summed E-state index contributed by atoms with van der Waals surface area (Å²) in [6, 6.07) is 17.4. The zero-order valence-corrected chi connectivity index (χ0v) is 15.3. The minimum atomic E-state index is -0.117. The fourth-order valence-electron chi connectivity index (χ4n) is 2.68. The van der Waals surface area contributed by atoms with Crippen LogP contribution in [0.2, 0.25) is 0 Å². The van der Waals surface area contributed by atoms with Crippen molar-refractivity contribution < 1.29 is 4.79 Å². The first-order valence-corrected chi connectivity index (χ1v) is 9.19. The molecule has 2 heterocycles. The number of aromatic nitrogens is 5. The Labute approximate surface area is 159 Å². The first-order valence-electron chi connectivity index (χ1n) is 8.31. The van der Waals surface area contributed by atoms with Gasteiger partial charge in [-0.2, -0.15) is 0 Å². The van der Waals surface area contributed by atoms with Gasteiger partial charge in [-0.15, -0.1) is 16.4 Å². The normalized spacial score (nSPS) is 10.7. The van der Waals surface area contributed by atoms with Crippen molar-refractivity contribution in [2.75, 3.05) is 5.32 Å². The second-order valence-electron chi connectivity index (χ2n) is 5.94. The third-order valence-electron chi connectivity index (χ3n) is 3.94. The van der Waals surface area contributed by atoms with Crippen molar-refractivity contribution in [2.45, 2.75) is 6.42 Å². The van der Waals surface area contributed by atoms with Crippen LogP contribution >= 0.6 is 11.3 Å². The summed E-state index contributed by atoms with van der Waals surface area (Å²) < 4.78 is 1.58. The highest BCUT2D eigenvalue weighted by Gasteiger charge is 2.11. The molecule has 0 aliphatic heterocycles. The van der Waals surface area contributed by atoms with Gasteiger partial charge in [-0.05, 0) is 22.6 Å². The van der Waals surface area contributed by atoms with E-state index in [4.69, 9.17) is 0 Å². The highest BCUT2D eigenvalue weighted by atomic mass is 32.1. The zero-order valence-electron chi connectivity index (χ0n) is 14.5. The number of nitrogens with one attached hydrogen (secondary N) is 1. The smallest absolute Gasteiger partial charge is 0.230 e. The lowest BCUT2D eigenvalue weighted by molar-refractivity contribution is -0.115. The number of benzene rings is 2. The fraction of sp³-hybridized carbons (Fsp3) is 0.105. The number of amides is 1. The van der Waals surface area contributed by atoms with Crippen molar-refractivity contribution >= 4 is 22.9 Å². The Kier molecular flexibility index (Phi) is 4.71. The first-order chi connectivity index (χ1) is 13.2. The number of carbonyl (C=O) groups is 1. The molecule has 0 atom stereocenters. The van der Waals surface area contributed by atoms with E-state index in [1.165, 1.54) is 11.3 Å². The molecule has 27 heavy (non-hydrogen) atoms. The van der Waals surface area contributed by atoms with Crippen LogP contribution in [0.15, 0.2) is 60.0 Å². The maximum absolute atomic E-state index is 12.4. The Bertz CT molecular complexity index is 1070. The summed E-state index contributed by atoms with van der Waals surface area (Å²) >= 11 is 1.54. The minimum absolute atomic E-state index is 0.117. The maximum atomic E-state index is 12.4. The van der Waals surface area contributed by atoms with Crippen molar-refractivity contribution in [3.05, 3.63) is 65.7 Å². The predicted molar refractivity (Wildman–Crippen MR) is 104 cm³/mol. The van der Waals surface area contributed by atoms with E-state index in [1.807, 2.05) is 60.0 Å². The molecule has 4 aromatic rings. The molecule has 4 rings (SSSR count). The van der Waals surface area contributed by atoms with Gasteiger partial charge in [0.2, 0.25) is 5.91 Å². The van der Waals surface area contributed by atoms with Gasteiger partial charge in [-0.25, -0.2) is 9.67 Å². The second-order valence-corrected chi connectivity index (χ2v) is 6.80. The predicted octanol–water partition coefficient (Wildman–Crippen LogP) is 3.18. The van der Waals surface area contributed by atoms with Crippen LogP contribution < -0.4 is 5.32 Å². The van der Waals surface area contributed by atoms with Crippen molar-refractivity contribution in [1.29, 1.82) is 0 Å². The van der Waals surface area contributed by atoms with Gasteiger partial charge in [0.1, 0.15) is 5.01 Å². The molecule has 1 N–H and O–H groups in total. The van der Waals surface area contributed by atoms with Crippen LogP contribution in [0.25, 0.3) is 22.0 Å². The first kappa shape index (κ1) is 17.0. The van der Waals surface area contributed by atoms with E-state index in [1.54, 1.807) is 11.7 Å². The monoisotopic (exact) mass is 376 g/mol. The number of aryl methyl sites for hydroxylation is 1. The quantitative estimate of drug-likeness (QED) is 0.578. The van der Waals surface area contributed by atoms with Gasteiger partial charge in [-0.1, -0.05) is 42.5 Å². The average molecular weight is 376 g/mol. The van der Waals surface area contributed by atoms with E-state index in [0.29, 0.717) is 11.5 Å². The molecule has 0 radical (unpaired) electrons. The number of hydrogen-bond acceptors (Lipinski definition) is 6. The molecule has 0 spiro atoms. The molecule has 134 valence electrons.